The van der Waals surface area contributed by atoms with Crippen LogP contribution < -0.4 is 10.6 Å². The Morgan fingerprint density at radius 2 is 2.25 bits per heavy atom. The van der Waals surface area contributed by atoms with E-state index in [1.54, 1.807) is 7.05 Å². The fraction of sp³-hybridized carbons (Fsp3) is 0.917. The molecule has 2 aliphatic heterocycles. The Balaban J connectivity index is 1.65. The number of nitrogens with zero attached hydrogens (tertiary/aromatic N) is 1. The number of nitrogens with one attached hydrogen (secondary N) is 2. The van der Waals surface area contributed by atoms with Crippen molar-refractivity contribution >= 4 is 5.91 Å². The van der Waals surface area contributed by atoms with E-state index in [1.807, 2.05) is 0 Å². The first-order valence-corrected chi connectivity index (χ1v) is 6.47. The zero-order chi connectivity index (χ0) is 11.4. The van der Waals surface area contributed by atoms with Gasteiger partial charge in [-0.2, -0.15) is 0 Å². The second-order valence-corrected chi connectivity index (χ2v) is 4.93. The van der Waals surface area contributed by atoms with E-state index in [0.717, 1.165) is 12.6 Å². The van der Waals surface area contributed by atoms with E-state index >= 15 is 0 Å². The van der Waals surface area contributed by atoms with Crippen molar-refractivity contribution in [3.63, 3.8) is 0 Å². The number of hydrogen-bond acceptors (Lipinski definition) is 3. The molecular weight excluding hydrogens is 202 g/mol. The molecule has 2 saturated heterocycles. The van der Waals surface area contributed by atoms with Crippen LogP contribution in [-0.2, 0) is 4.79 Å². The van der Waals surface area contributed by atoms with Gasteiger partial charge in [0.2, 0.25) is 5.91 Å². The van der Waals surface area contributed by atoms with E-state index in [4.69, 9.17) is 0 Å². The lowest BCUT2D eigenvalue weighted by molar-refractivity contribution is -0.120. The molecule has 2 fully saturated rings. The van der Waals surface area contributed by atoms with Crippen molar-refractivity contribution in [1.29, 1.82) is 0 Å². The van der Waals surface area contributed by atoms with Crippen LogP contribution in [0.5, 0.6) is 0 Å². The van der Waals surface area contributed by atoms with Crippen LogP contribution in [0, 0.1) is 0 Å². The second-order valence-electron chi connectivity index (χ2n) is 4.93. The number of fused-ring (bicyclic) bond motifs is 1. The Bertz CT molecular complexity index is 244. The van der Waals surface area contributed by atoms with E-state index in [1.165, 1.54) is 38.8 Å². The van der Waals surface area contributed by atoms with Gasteiger partial charge in [-0.25, -0.2) is 0 Å². The Kier molecular flexibility index (Phi) is 4.18. The number of carbonyl (C=O) groups is 1. The van der Waals surface area contributed by atoms with E-state index in [0.29, 0.717) is 12.5 Å². The molecule has 2 unspecified atom stereocenters. The zero-order valence-electron chi connectivity index (χ0n) is 10.2. The van der Waals surface area contributed by atoms with E-state index in [9.17, 15) is 4.79 Å². The lowest BCUT2D eigenvalue weighted by Gasteiger charge is -2.35. The van der Waals surface area contributed by atoms with Crippen LogP contribution in [-0.4, -0.2) is 49.6 Å². The highest BCUT2D eigenvalue weighted by molar-refractivity contribution is 5.75. The molecule has 0 aromatic rings. The summed E-state index contributed by atoms with van der Waals surface area (Å²) in [5.74, 6) is 0.130. The van der Waals surface area contributed by atoms with E-state index in [-0.39, 0.29) is 5.91 Å². The molecule has 4 heteroatoms. The summed E-state index contributed by atoms with van der Waals surface area (Å²) in [6.07, 6.45) is 5.85. The van der Waals surface area contributed by atoms with Crippen LogP contribution in [0.4, 0.5) is 0 Å². The third-order valence-corrected chi connectivity index (χ3v) is 3.88. The van der Waals surface area contributed by atoms with Crippen molar-refractivity contribution < 1.29 is 4.79 Å². The molecule has 16 heavy (non-hydrogen) atoms. The van der Waals surface area contributed by atoms with Crippen molar-refractivity contribution in [2.24, 2.45) is 0 Å². The number of rotatable bonds is 4. The summed E-state index contributed by atoms with van der Waals surface area (Å²) in [6, 6.07) is 1.44. The molecule has 4 nitrogen and oxygen atoms in total. The van der Waals surface area contributed by atoms with Gasteiger partial charge >= 0.3 is 0 Å². The van der Waals surface area contributed by atoms with Crippen LogP contribution in [0.1, 0.15) is 32.1 Å². The van der Waals surface area contributed by atoms with Crippen molar-refractivity contribution in [1.82, 2.24) is 15.5 Å². The molecule has 0 aromatic heterocycles. The maximum absolute atomic E-state index is 11.1. The average Bonchev–Trinajstić information content (AvgIpc) is 2.76. The summed E-state index contributed by atoms with van der Waals surface area (Å²) in [5, 5.41) is 6.16. The molecule has 0 aromatic carbocycles. The Morgan fingerprint density at radius 1 is 1.38 bits per heavy atom. The topological polar surface area (TPSA) is 44.4 Å². The maximum Gasteiger partial charge on any atom is 0.221 e. The summed E-state index contributed by atoms with van der Waals surface area (Å²) in [4.78, 5) is 13.7. The molecule has 0 radical (unpaired) electrons. The minimum absolute atomic E-state index is 0.130. The van der Waals surface area contributed by atoms with Crippen LogP contribution in [0.2, 0.25) is 0 Å². The molecule has 2 heterocycles. The number of carbonyl (C=O) groups excluding carboxylic acids is 1. The minimum atomic E-state index is 0.130. The first-order valence-electron chi connectivity index (χ1n) is 6.47. The van der Waals surface area contributed by atoms with Gasteiger partial charge in [0.05, 0.1) is 0 Å². The van der Waals surface area contributed by atoms with Crippen molar-refractivity contribution in [3.8, 4) is 0 Å². The number of piperidine rings is 1. The summed E-state index contributed by atoms with van der Waals surface area (Å²) in [7, 11) is 1.69. The van der Waals surface area contributed by atoms with Crippen LogP contribution >= 0.6 is 0 Å². The molecule has 0 spiro atoms. The largest absolute Gasteiger partial charge is 0.359 e. The van der Waals surface area contributed by atoms with E-state index in [2.05, 4.69) is 15.5 Å². The van der Waals surface area contributed by atoms with Gasteiger partial charge in [0.25, 0.3) is 0 Å². The molecular formula is C12H23N3O. The lowest BCUT2D eigenvalue weighted by atomic mass is 9.97. The Morgan fingerprint density at radius 3 is 3.06 bits per heavy atom. The van der Waals surface area contributed by atoms with Gasteiger partial charge in [0.1, 0.15) is 0 Å². The summed E-state index contributed by atoms with van der Waals surface area (Å²) in [5.41, 5.74) is 0. The Hall–Kier alpha value is -0.610. The van der Waals surface area contributed by atoms with E-state index < -0.39 is 0 Å². The first kappa shape index (κ1) is 11.9. The smallest absolute Gasteiger partial charge is 0.221 e. The summed E-state index contributed by atoms with van der Waals surface area (Å²) < 4.78 is 0. The van der Waals surface area contributed by atoms with Gasteiger partial charge in [-0.05, 0) is 38.8 Å². The van der Waals surface area contributed by atoms with Gasteiger partial charge < -0.3 is 15.5 Å². The highest BCUT2D eigenvalue weighted by Gasteiger charge is 2.31. The van der Waals surface area contributed by atoms with Crippen molar-refractivity contribution in [2.45, 2.75) is 44.2 Å². The molecule has 2 N–H and O–H groups in total. The standard InChI is InChI=1S/C12H23N3O/c1-13-12(16)4-6-14-10-5-8-15-7-2-3-11(15)9-10/h10-11,14H,2-9H2,1H3,(H,13,16). The molecule has 2 aliphatic rings. The molecule has 0 aliphatic carbocycles. The zero-order valence-corrected chi connectivity index (χ0v) is 10.2. The summed E-state index contributed by atoms with van der Waals surface area (Å²) in [6.45, 7) is 3.36. The fourth-order valence-electron chi connectivity index (χ4n) is 2.92. The molecule has 0 saturated carbocycles. The normalized spacial score (nSPS) is 30.1. The van der Waals surface area contributed by atoms with Gasteiger partial charge in [0, 0.05) is 32.1 Å². The predicted molar refractivity (Wildman–Crippen MR) is 64.3 cm³/mol. The average molecular weight is 225 g/mol. The molecule has 92 valence electrons. The minimum Gasteiger partial charge on any atom is -0.359 e. The third-order valence-electron chi connectivity index (χ3n) is 3.88. The quantitative estimate of drug-likeness (QED) is 0.725. The second kappa shape index (κ2) is 5.64. The molecule has 2 atom stereocenters. The summed E-state index contributed by atoms with van der Waals surface area (Å²) >= 11 is 0. The lowest BCUT2D eigenvalue weighted by Crippen LogP contribution is -2.46. The highest BCUT2D eigenvalue weighted by Crippen LogP contribution is 2.26. The van der Waals surface area contributed by atoms with Crippen LogP contribution in [0.15, 0.2) is 0 Å². The SMILES string of the molecule is CNC(=O)CCNC1CCN2CCCC2C1. The Labute approximate surface area is 97.8 Å². The van der Waals surface area contributed by atoms with Crippen LogP contribution in [0.3, 0.4) is 0 Å². The van der Waals surface area contributed by atoms with Crippen LogP contribution in [0.25, 0.3) is 0 Å². The van der Waals surface area contributed by atoms with Crippen molar-refractivity contribution in [3.05, 3.63) is 0 Å². The van der Waals surface area contributed by atoms with Gasteiger partial charge in [-0.15, -0.1) is 0 Å². The van der Waals surface area contributed by atoms with Gasteiger partial charge in [-0.3, -0.25) is 4.79 Å². The monoisotopic (exact) mass is 225 g/mol. The third kappa shape index (κ3) is 2.95. The molecule has 1 amide bonds. The molecule has 0 bridgehead atoms. The number of hydrogen-bond donors (Lipinski definition) is 2. The highest BCUT2D eigenvalue weighted by atomic mass is 16.1. The van der Waals surface area contributed by atoms with Gasteiger partial charge in [0.15, 0.2) is 0 Å². The predicted octanol–water partition coefficient (Wildman–Crippen LogP) is 0.339. The van der Waals surface area contributed by atoms with Crippen molar-refractivity contribution in [2.75, 3.05) is 26.7 Å². The fourth-order valence-corrected chi connectivity index (χ4v) is 2.92. The molecule has 2 rings (SSSR count). The maximum atomic E-state index is 11.1. The van der Waals surface area contributed by atoms with Gasteiger partial charge in [-0.1, -0.05) is 0 Å². The first-order chi connectivity index (χ1) is 7.79. The number of amides is 1.